The first-order valence-electron chi connectivity index (χ1n) is 12.3. The minimum atomic E-state index is 0. The largest absolute Gasteiger partial charge is 0.507 e. The van der Waals surface area contributed by atoms with Crippen LogP contribution in [-0.4, -0.2) is 59.1 Å². The van der Waals surface area contributed by atoms with Gasteiger partial charge < -0.3 is 15.3 Å². The first kappa shape index (κ1) is 29.5. The molecule has 0 unspecified atom stereocenters. The Morgan fingerprint density at radius 1 is 1.00 bits per heavy atom. The van der Waals surface area contributed by atoms with Gasteiger partial charge >= 0.3 is 0 Å². The molecule has 0 bridgehead atoms. The van der Waals surface area contributed by atoms with E-state index < -0.39 is 0 Å². The predicted molar refractivity (Wildman–Crippen MR) is 156 cm³/mol. The Morgan fingerprint density at radius 2 is 1.68 bits per heavy atom. The summed E-state index contributed by atoms with van der Waals surface area (Å²) in [4.78, 5) is 11.2. The third kappa shape index (κ3) is 5.85. The lowest BCUT2D eigenvalue weighted by Crippen LogP contribution is -2.62. The zero-order valence-corrected chi connectivity index (χ0v) is 24.5. The Kier molecular flexibility index (Phi) is 8.27. The molecule has 11 heteroatoms. The average molecular weight is 560 g/mol. The van der Waals surface area contributed by atoms with E-state index in [1.54, 1.807) is 16.8 Å². The van der Waals surface area contributed by atoms with Crippen molar-refractivity contribution in [1.29, 1.82) is 0 Å². The van der Waals surface area contributed by atoms with E-state index in [0.717, 1.165) is 41.0 Å². The third-order valence-corrected chi connectivity index (χ3v) is 6.88. The van der Waals surface area contributed by atoms with Crippen molar-refractivity contribution in [3.05, 3.63) is 47.9 Å². The molecule has 4 aromatic rings. The minimum Gasteiger partial charge on any atom is -0.507 e. The van der Waals surface area contributed by atoms with Crippen molar-refractivity contribution < 1.29 is 5.11 Å². The maximum Gasteiger partial charge on any atom is 0.245 e. The van der Waals surface area contributed by atoms with Gasteiger partial charge in [0.1, 0.15) is 11.4 Å². The molecule has 1 aliphatic heterocycles. The molecule has 38 heavy (non-hydrogen) atoms. The van der Waals surface area contributed by atoms with Crippen LogP contribution in [0.3, 0.4) is 0 Å². The zero-order chi connectivity index (χ0) is 25.8. The van der Waals surface area contributed by atoms with Gasteiger partial charge in [0.25, 0.3) is 0 Å². The number of hydrogen-bond donors (Lipinski definition) is 2. The van der Waals surface area contributed by atoms with Gasteiger partial charge in [0.05, 0.1) is 23.8 Å². The van der Waals surface area contributed by atoms with Crippen molar-refractivity contribution in [2.24, 2.45) is 0 Å². The van der Waals surface area contributed by atoms with Crippen LogP contribution in [-0.2, 0) is 0 Å². The van der Waals surface area contributed by atoms with Crippen LogP contribution in [0.2, 0.25) is 0 Å². The maximum atomic E-state index is 10.8. The summed E-state index contributed by atoms with van der Waals surface area (Å²) in [6.45, 7) is 12.9. The number of halogens is 2. The number of aromatic nitrogens is 6. The molecule has 5 rings (SSSR count). The topological polar surface area (TPSA) is 104 Å². The molecule has 9 nitrogen and oxygen atoms in total. The highest BCUT2D eigenvalue weighted by Crippen LogP contribution is 2.34. The van der Waals surface area contributed by atoms with Crippen LogP contribution < -0.4 is 10.2 Å². The number of piperidine rings is 1. The molecule has 3 aromatic heterocycles. The number of nitrogens with zero attached hydrogens (tertiary/aromatic N) is 7. The van der Waals surface area contributed by atoms with Gasteiger partial charge in [0.2, 0.25) is 5.95 Å². The van der Waals surface area contributed by atoms with Crippen LogP contribution in [0, 0.1) is 13.8 Å². The Morgan fingerprint density at radius 3 is 2.29 bits per heavy atom. The van der Waals surface area contributed by atoms with Gasteiger partial charge in [-0.2, -0.15) is 5.10 Å². The van der Waals surface area contributed by atoms with E-state index in [-0.39, 0.29) is 41.6 Å². The van der Waals surface area contributed by atoms with E-state index in [4.69, 9.17) is 0 Å². The molecule has 1 fully saturated rings. The highest BCUT2D eigenvalue weighted by molar-refractivity contribution is 5.85. The van der Waals surface area contributed by atoms with Gasteiger partial charge in [0, 0.05) is 35.3 Å². The van der Waals surface area contributed by atoms with Gasteiger partial charge in [-0.1, -0.05) is 6.07 Å². The lowest BCUT2D eigenvalue weighted by atomic mass is 9.79. The second kappa shape index (κ2) is 10.6. The number of hydrogen-bond acceptors (Lipinski definition) is 8. The second-order valence-corrected chi connectivity index (χ2v) is 11.3. The smallest absolute Gasteiger partial charge is 0.245 e. The summed E-state index contributed by atoms with van der Waals surface area (Å²) in [6.07, 6.45) is 5.54. The Hall–Kier alpha value is -3.01. The Bertz CT molecular complexity index is 1420. The number of phenols is 1. The van der Waals surface area contributed by atoms with Crippen molar-refractivity contribution in [3.63, 3.8) is 0 Å². The van der Waals surface area contributed by atoms with Gasteiger partial charge in [-0.3, -0.25) is 0 Å². The molecule has 0 atom stereocenters. The van der Waals surface area contributed by atoms with Crippen LogP contribution in [0.1, 0.15) is 51.8 Å². The molecule has 1 aliphatic rings. The van der Waals surface area contributed by atoms with E-state index in [9.17, 15) is 5.11 Å². The van der Waals surface area contributed by atoms with Crippen LogP contribution in [0.5, 0.6) is 5.75 Å². The van der Waals surface area contributed by atoms with E-state index in [1.165, 1.54) is 0 Å². The van der Waals surface area contributed by atoms with Gasteiger partial charge in [-0.15, -0.1) is 35.0 Å². The standard InChI is InChI=1S/C27H34N8O.2ClH/c1-16-10-21(32-35-15-17(2)29-24(16)35)18-8-9-20(23(36)11-18)22-14-28-25(31-30-22)34(7)19-12-26(3,4)33-27(5,6)13-19;;/h8-11,14-15,19,33,36H,12-13H2,1-7H3;2*1H. The highest BCUT2D eigenvalue weighted by Gasteiger charge is 2.39. The number of aromatic hydroxyl groups is 1. The van der Waals surface area contributed by atoms with Crippen LogP contribution in [0.25, 0.3) is 28.2 Å². The molecule has 2 N–H and O–H groups in total. The quantitative estimate of drug-likeness (QED) is 0.354. The normalized spacial score (nSPS) is 16.5. The summed E-state index contributed by atoms with van der Waals surface area (Å²) in [7, 11) is 2.03. The summed E-state index contributed by atoms with van der Waals surface area (Å²) >= 11 is 0. The number of anilines is 1. The predicted octanol–water partition coefficient (Wildman–Crippen LogP) is 5.16. The molecule has 204 valence electrons. The fraction of sp³-hybridized carbons (Fsp3) is 0.444. The van der Waals surface area contributed by atoms with E-state index in [1.807, 2.05) is 45.3 Å². The summed E-state index contributed by atoms with van der Waals surface area (Å²) in [6, 6.07) is 7.73. The molecule has 0 radical (unpaired) electrons. The third-order valence-electron chi connectivity index (χ3n) is 6.88. The number of benzene rings is 1. The van der Waals surface area contributed by atoms with E-state index in [0.29, 0.717) is 23.2 Å². The molecule has 0 saturated carbocycles. The van der Waals surface area contributed by atoms with Crippen LogP contribution in [0.4, 0.5) is 5.95 Å². The molecular formula is C27H36Cl2N8O. The highest BCUT2D eigenvalue weighted by atomic mass is 35.5. The summed E-state index contributed by atoms with van der Waals surface area (Å²) in [5, 5.41) is 28.0. The van der Waals surface area contributed by atoms with Crippen molar-refractivity contribution in [2.75, 3.05) is 11.9 Å². The summed E-state index contributed by atoms with van der Waals surface area (Å²) in [5.74, 6) is 0.685. The number of imidazole rings is 1. The molecule has 0 spiro atoms. The lowest BCUT2D eigenvalue weighted by molar-refractivity contribution is 0.160. The Labute approximate surface area is 235 Å². The first-order chi connectivity index (χ1) is 16.9. The van der Waals surface area contributed by atoms with E-state index in [2.05, 4.69) is 63.2 Å². The summed E-state index contributed by atoms with van der Waals surface area (Å²) in [5.41, 5.74) is 5.47. The van der Waals surface area contributed by atoms with Crippen LogP contribution in [0.15, 0.2) is 36.7 Å². The SMILES string of the molecule is Cc1cn2nc(-c3ccc(-c4cnc(N(C)C5CC(C)(C)NC(C)(C)C5)nn4)c(O)c3)cc(C)c2n1.Cl.Cl. The van der Waals surface area contributed by atoms with E-state index >= 15 is 0 Å². The zero-order valence-electron chi connectivity index (χ0n) is 22.8. The number of aryl methyl sites for hydroxylation is 2. The molecular weight excluding hydrogens is 523 g/mol. The number of nitrogens with one attached hydrogen (secondary N) is 1. The van der Waals surface area contributed by atoms with Gasteiger partial charge in [-0.25, -0.2) is 14.5 Å². The second-order valence-electron chi connectivity index (χ2n) is 11.3. The minimum absolute atomic E-state index is 0. The Balaban J connectivity index is 0.00000200. The lowest BCUT2D eigenvalue weighted by Gasteiger charge is -2.48. The molecule has 1 saturated heterocycles. The average Bonchev–Trinajstić information content (AvgIpc) is 3.17. The van der Waals surface area contributed by atoms with Crippen molar-refractivity contribution in [3.8, 4) is 28.3 Å². The molecule has 0 amide bonds. The molecule has 1 aromatic carbocycles. The number of phenolic OH excluding ortho intramolecular Hbond substituents is 1. The van der Waals surface area contributed by atoms with Crippen molar-refractivity contribution >= 4 is 36.4 Å². The fourth-order valence-electron chi connectivity index (χ4n) is 5.55. The molecule has 0 aliphatic carbocycles. The first-order valence-corrected chi connectivity index (χ1v) is 12.3. The monoisotopic (exact) mass is 558 g/mol. The van der Waals surface area contributed by atoms with Crippen LogP contribution >= 0.6 is 24.8 Å². The van der Waals surface area contributed by atoms with Crippen molar-refractivity contribution in [1.82, 2.24) is 35.1 Å². The van der Waals surface area contributed by atoms with Gasteiger partial charge in [-0.05, 0) is 78.1 Å². The van der Waals surface area contributed by atoms with Crippen molar-refractivity contribution in [2.45, 2.75) is 71.5 Å². The maximum absolute atomic E-state index is 10.8. The number of rotatable bonds is 4. The van der Waals surface area contributed by atoms with Gasteiger partial charge in [0.15, 0.2) is 5.65 Å². The number of fused-ring (bicyclic) bond motifs is 1. The summed E-state index contributed by atoms with van der Waals surface area (Å²) < 4.78 is 1.78. The fourth-order valence-corrected chi connectivity index (χ4v) is 5.55. The molecule has 4 heterocycles.